The van der Waals surface area contributed by atoms with Crippen molar-refractivity contribution in [2.24, 2.45) is 5.92 Å². The van der Waals surface area contributed by atoms with Crippen LogP contribution in [0.1, 0.15) is 25.7 Å². The van der Waals surface area contributed by atoms with Gasteiger partial charge >= 0.3 is 0 Å². The predicted octanol–water partition coefficient (Wildman–Crippen LogP) is 4.69. The number of aromatic amines is 1. The minimum absolute atomic E-state index is 0.0649. The maximum atomic E-state index is 13.3. The molecule has 160 valence electrons. The van der Waals surface area contributed by atoms with Gasteiger partial charge in [-0.05, 0) is 49.4 Å². The Bertz CT molecular complexity index is 1170. The van der Waals surface area contributed by atoms with Gasteiger partial charge in [-0.25, -0.2) is 0 Å². The van der Waals surface area contributed by atoms with Crippen molar-refractivity contribution >= 4 is 34.1 Å². The summed E-state index contributed by atoms with van der Waals surface area (Å²) in [5.74, 6) is 0.175. The highest BCUT2D eigenvalue weighted by molar-refractivity contribution is 6.31. The first kappa shape index (κ1) is 20.1. The van der Waals surface area contributed by atoms with Crippen molar-refractivity contribution in [3.63, 3.8) is 0 Å². The Hall–Kier alpha value is -2.79. The molecule has 0 saturated carbocycles. The maximum absolute atomic E-state index is 13.3. The average molecular weight is 436 g/mol. The van der Waals surface area contributed by atoms with Gasteiger partial charge in [-0.1, -0.05) is 41.9 Å². The van der Waals surface area contributed by atoms with Gasteiger partial charge in [0.25, 0.3) is 5.56 Å². The van der Waals surface area contributed by atoms with Crippen LogP contribution in [-0.4, -0.2) is 42.0 Å². The van der Waals surface area contributed by atoms with E-state index in [1.807, 2.05) is 47.4 Å². The van der Waals surface area contributed by atoms with Crippen LogP contribution in [0.15, 0.2) is 53.3 Å². The molecule has 2 fully saturated rings. The average Bonchev–Trinajstić information content (AvgIpc) is 3.34. The highest BCUT2D eigenvalue weighted by Gasteiger charge is 2.32. The number of carbonyl (C=O) groups excluding carboxylic acids is 1. The van der Waals surface area contributed by atoms with Gasteiger partial charge in [-0.2, -0.15) is 0 Å². The zero-order chi connectivity index (χ0) is 21.4. The van der Waals surface area contributed by atoms with E-state index in [1.54, 1.807) is 6.07 Å². The molecule has 2 saturated heterocycles. The molecule has 5 nitrogen and oxygen atoms in total. The van der Waals surface area contributed by atoms with Gasteiger partial charge in [-0.15, -0.1) is 0 Å². The summed E-state index contributed by atoms with van der Waals surface area (Å²) in [5.41, 5.74) is 3.14. The van der Waals surface area contributed by atoms with E-state index in [0.29, 0.717) is 17.3 Å². The molecule has 0 radical (unpaired) electrons. The minimum Gasteiger partial charge on any atom is -0.366 e. The lowest BCUT2D eigenvalue weighted by Crippen LogP contribution is -2.45. The van der Waals surface area contributed by atoms with Crippen LogP contribution in [0.4, 0.5) is 5.69 Å². The van der Waals surface area contributed by atoms with Gasteiger partial charge in [-0.3, -0.25) is 9.59 Å². The SMILES string of the molecule is O=C([C@H]1CCCN(c2c(-c3ccccc3)c3cc(Cl)ccc3[nH]c2=O)C1)N1CCCC1. The highest BCUT2D eigenvalue weighted by atomic mass is 35.5. The predicted molar refractivity (Wildman–Crippen MR) is 126 cm³/mol. The van der Waals surface area contributed by atoms with Crippen LogP contribution in [0.5, 0.6) is 0 Å². The molecule has 5 rings (SSSR count). The molecular formula is C25H26ClN3O2. The topological polar surface area (TPSA) is 56.4 Å². The number of hydrogen-bond acceptors (Lipinski definition) is 3. The number of fused-ring (bicyclic) bond motifs is 1. The Kier molecular flexibility index (Phi) is 5.45. The fourth-order valence-electron chi connectivity index (χ4n) is 5.03. The van der Waals surface area contributed by atoms with Crippen molar-refractivity contribution in [3.05, 3.63) is 63.9 Å². The number of carbonyl (C=O) groups is 1. The monoisotopic (exact) mass is 435 g/mol. The van der Waals surface area contributed by atoms with Gasteiger partial charge in [0.2, 0.25) is 5.91 Å². The summed E-state index contributed by atoms with van der Waals surface area (Å²) < 4.78 is 0. The summed E-state index contributed by atoms with van der Waals surface area (Å²) in [6.07, 6.45) is 3.95. The molecule has 3 aromatic rings. The number of halogens is 1. The van der Waals surface area contributed by atoms with Gasteiger partial charge in [0.15, 0.2) is 0 Å². The molecular weight excluding hydrogens is 410 g/mol. The normalized spacial score (nSPS) is 19.2. The number of hydrogen-bond donors (Lipinski definition) is 1. The largest absolute Gasteiger partial charge is 0.366 e. The summed E-state index contributed by atoms with van der Waals surface area (Å²) >= 11 is 6.34. The van der Waals surface area contributed by atoms with E-state index >= 15 is 0 Å². The lowest BCUT2D eigenvalue weighted by Gasteiger charge is -2.36. The Morgan fingerprint density at radius 3 is 2.55 bits per heavy atom. The number of anilines is 1. The number of nitrogens with zero attached hydrogens (tertiary/aromatic N) is 2. The number of H-pyrrole nitrogens is 1. The molecule has 6 heteroatoms. The molecule has 1 N–H and O–H groups in total. The van der Waals surface area contributed by atoms with Crippen molar-refractivity contribution in [1.29, 1.82) is 0 Å². The number of pyridine rings is 1. The molecule has 0 bridgehead atoms. The van der Waals surface area contributed by atoms with Gasteiger partial charge in [0.1, 0.15) is 5.69 Å². The molecule has 0 unspecified atom stereocenters. The maximum Gasteiger partial charge on any atom is 0.272 e. The molecule has 2 aliphatic heterocycles. The summed E-state index contributed by atoms with van der Waals surface area (Å²) in [7, 11) is 0. The van der Waals surface area contributed by atoms with Gasteiger partial charge < -0.3 is 14.8 Å². The summed E-state index contributed by atoms with van der Waals surface area (Å²) in [6, 6.07) is 15.5. The number of nitrogens with one attached hydrogen (secondary N) is 1. The van der Waals surface area contributed by atoms with E-state index in [1.165, 1.54) is 0 Å². The van der Waals surface area contributed by atoms with Crippen molar-refractivity contribution in [2.45, 2.75) is 25.7 Å². The van der Waals surface area contributed by atoms with Crippen LogP contribution < -0.4 is 10.5 Å². The molecule has 1 atom stereocenters. The van der Waals surface area contributed by atoms with Crippen LogP contribution in [0, 0.1) is 5.92 Å². The molecule has 31 heavy (non-hydrogen) atoms. The third-order valence-corrected chi connectivity index (χ3v) is 6.75. The van der Waals surface area contributed by atoms with Crippen LogP contribution in [-0.2, 0) is 4.79 Å². The number of aromatic nitrogens is 1. The molecule has 2 aromatic carbocycles. The van der Waals surface area contributed by atoms with Crippen LogP contribution >= 0.6 is 11.6 Å². The van der Waals surface area contributed by atoms with Crippen molar-refractivity contribution < 1.29 is 4.79 Å². The number of benzene rings is 2. The molecule has 0 spiro atoms. The van der Waals surface area contributed by atoms with Crippen molar-refractivity contribution in [1.82, 2.24) is 9.88 Å². The standard InChI is InChI=1S/C25H26ClN3O2/c26-19-10-11-21-20(15-19)22(17-7-2-1-3-8-17)23(24(30)27-21)29-14-6-9-18(16-29)25(31)28-12-4-5-13-28/h1-3,7-8,10-11,15,18H,4-6,9,12-14,16H2,(H,27,30)/t18-/m0/s1. The number of amides is 1. The first-order valence-electron chi connectivity index (χ1n) is 11.1. The quantitative estimate of drug-likeness (QED) is 0.649. The van der Waals surface area contributed by atoms with E-state index in [-0.39, 0.29) is 17.4 Å². The Labute approximate surface area is 186 Å². The molecule has 0 aliphatic carbocycles. The summed E-state index contributed by atoms with van der Waals surface area (Å²) in [5, 5.41) is 1.55. The lowest BCUT2D eigenvalue weighted by atomic mass is 9.93. The lowest BCUT2D eigenvalue weighted by molar-refractivity contribution is -0.134. The van der Waals surface area contributed by atoms with Crippen molar-refractivity contribution in [2.75, 3.05) is 31.1 Å². The van der Waals surface area contributed by atoms with Crippen LogP contribution in [0.3, 0.4) is 0 Å². The van der Waals surface area contributed by atoms with E-state index in [4.69, 9.17) is 11.6 Å². The molecule has 1 amide bonds. The highest BCUT2D eigenvalue weighted by Crippen LogP contribution is 2.37. The van der Waals surface area contributed by atoms with Crippen molar-refractivity contribution in [3.8, 4) is 11.1 Å². The third kappa shape index (κ3) is 3.83. The molecule has 2 aliphatic rings. The van der Waals surface area contributed by atoms with Crippen LogP contribution in [0.2, 0.25) is 5.02 Å². The third-order valence-electron chi connectivity index (χ3n) is 6.52. The fourth-order valence-corrected chi connectivity index (χ4v) is 5.20. The smallest absolute Gasteiger partial charge is 0.272 e. The van der Waals surface area contributed by atoms with Crippen LogP contribution in [0.25, 0.3) is 22.0 Å². The zero-order valence-electron chi connectivity index (χ0n) is 17.4. The van der Waals surface area contributed by atoms with Gasteiger partial charge in [0.05, 0.1) is 5.92 Å². The van der Waals surface area contributed by atoms with E-state index in [0.717, 1.165) is 67.3 Å². The number of piperidine rings is 1. The zero-order valence-corrected chi connectivity index (χ0v) is 18.2. The van der Waals surface area contributed by atoms with E-state index < -0.39 is 0 Å². The minimum atomic E-state index is -0.122. The first-order chi connectivity index (χ1) is 15.1. The number of likely N-dealkylation sites (tertiary alicyclic amines) is 1. The Morgan fingerprint density at radius 1 is 1.00 bits per heavy atom. The van der Waals surface area contributed by atoms with E-state index in [2.05, 4.69) is 9.88 Å². The second-order valence-electron chi connectivity index (χ2n) is 8.55. The fraction of sp³-hybridized carbons (Fsp3) is 0.360. The first-order valence-corrected chi connectivity index (χ1v) is 11.4. The Morgan fingerprint density at radius 2 is 1.77 bits per heavy atom. The summed E-state index contributed by atoms with van der Waals surface area (Å²) in [4.78, 5) is 33.5. The van der Waals surface area contributed by atoms with Gasteiger partial charge in [0, 0.05) is 47.7 Å². The Balaban J connectivity index is 1.61. The summed E-state index contributed by atoms with van der Waals surface area (Å²) in [6.45, 7) is 3.06. The molecule has 1 aromatic heterocycles. The second kappa shape index (κ2) is 8.39. The van der Waals surface area contributed by atoms with E-state index in [9.17, 15) is 9.59 Å². The number of rotatable bonds is 3. The molecule has 3 heterocycles. The second-order valence-corrected chi connectivity index (χ2v) is 8.99.